The second-order valence-corrected chi connectivity index (χ2v) is 7.44. The molecule has 1 amide bonds. The minimum absolute atomic E-state index is 0.0436. The molecule has 2 aliphatic rings. The quantitative estimate of drug-likeness (QED) is 0.670. The highest BCUT2D eigenvalue weighted by Gasteiger charge is 2.47. The summed E-state index contributed by atoms with van der Waals surface area (Å²) in [6, 6.07) is 5.71. The smallest absolute Gasteiger partial charge is 0.211 e. The zero-order valence-electron chi connectivity index (χ0n) is 14.0. The molecule has 1 aromatic rings. The Bertz CT molecular complexity index is 729. The van der Waals surface area contributed by atoms with Crippen LogP contribution in [0.2, 0.25) is 0 Å². The molecular formula is C20H23NO2. The SMILES string of the molecule is C=CC1(C)C=C2C(=O)c3c(NC=O)cccc3C(C)(C)C2CC1. The fourth-order valence-electron chi connectivity index (χ4n) is 4.12. The van der Waals surface area contributed by atoms with Crippen LogP contribution in [-0.4, -0.2) is 12.2 Å². The van der Waals surface area contributed by atoms with Gasteiger partial charge in [0.15, 0.2) is 5.78 Å². The molecule has 0 saturated carbocycles. The molecule has 2 atom stereocenters. The first-order valence-electron chi connectivity index (χ1n) is 8.09. The minimum atomic E-state index is -0.141. The van der Waals surface area contributed by atoms with Crippen molar-refractivity contribution in [2.24, 2.45) is 11.3 Å². The third kappa shape index (κ3) is 2.26. The van der Waals surface area contributed by atoms with Gasteiger partial charge in [0.1, 0.15) is 0 Å². The fourth-order valence-corrected chi connectivity index (χ4v) is 4.12. The van der Waals surface area contributed by atoms with E-state index in [9.17, 15) is 9.59 Å². The van der Waals surface area contributed by atoms with Crippen molar-refractivity contribution in [3.8, 4) is 0 Å². The molecule has 1 N–H and O–H groups in total. The first-order chi connectivity index (χ1) is 10.8. The summed E-state index contributed by atoms with van der Waals surface area (Å²) in [7, 11) is 0. The summed E-state index contributed by atoms with van der Waals surface area (Å²) in [6.45, 7) is 10.4. The summed E-state index contributed by atoms with van der Waals surface area (Å²) in [6.07, 6.45) is 6.63. The van der Waals surface area contributed by atoms with Crippen LogP contribution >= 0.6 is 0 Å². The van der Waals surface area contributed by atoms with Crippen LogP contribution in [0.1, 0.15) is 49.5 Å². The monoisotopic (exact) mass is 309 g/mol. The van der Waals surface area contributed by atoms with E-state index in [1.54, 1.807) is 6.07 Å². The molecule has 0 bridgehead atoms. The molecule has 3 nitrogen and oxygen atoms in total. The van der Waals surface area contributed by atoms with Gasteiger partial charge in [0, 0.05) is 16.6 Å². The van der Waals surface area contributed by atoms with Crippen LogP contribution in [0.3, 0.4) is 0 Å². The Labute approximate surface area is 137 Å². The predicted molar refractivity (Wildman–Crippen MR) is 92.6 cm³/mol. The highest BCUT2D eigenvalue weighted by Crippen LogP contribution is 2.52. The van der Waals surface area contributed by atoms with Gasteiger partial charge in [0.2, 0.25) is 6.41 Å². The van der Waals surface area contributed by atoms with Crippen molar-refractivity contribution in [3.05, 3.63) is 53.6 Å². The van der Waals surface area contributed by atoms with E-state index in [4.69, 9.17) is 0 Å². The molecule has 0 aliphatic heterocycles. The summed E-state index contributed by atoms with van der Waals surface area (Å²) in [5.74, 6) is 0.254. The van der Waals surface area contributed by atoms with E-state index in [0.717, 1.165) is 24.0 Å². The number of carbonyl (C=O) groups is 2. The largest absolute Gasteiger partial charge is 0.328 e. The molecule has 0 saturated heterocycles. The number of rotatable bonds is 3. The highest BCUT2D eigenvalue weighted by molar-refractivity contribution is 6.16. The van der Waals surface area contributed by atoms with E-state index in [0.29, 0.717) is 17.7 Å². The van der Waals surface area contributed by atoms with Gasteiger partial charge in [0.05, 0.1) is 5.69 Å². The van der Waals surface area contributed by atoms with Gasteiger partial charge >= 0.3 is 0 Å². The predicted octanol–water partition coefficient (Wildman–Crippen LogP) is 4.26. The number of nitrogens with one attached hydrogen (secondary N) is 1. The average Bonchev–Trinajstić information content (AvgIpc) is 2.53. The Morgan fingerprint density at radius 3 is 2.70 bits per heavy atom. The van der Waals surface area contributed by atoms with E-state index in [1.807, 2.05) is 18.2 Å². The van der Waals surface area contributed by atoms with Gasteiger partial charge in [-0.2, -0.15) is 0 Å². The number of Topliss-reactive ketones (excluding diaryl/α,β-unsaturated/α-hetero) is 1. The van der Waals surface area contributed by atoms with Crippen molar-refractivity contribution in [1.82, 2.24) is 0 Å². The molecule has 2 aliphatic carbocycles. The Balaban J connectivity index is 2.25. The molecule has 0 heterocycles. The standard InChI is InChI=1S/C20H23NO2/c1-5-20(4)10-9-14-13(11-20)18(23)17-15(19(14,2)3)7-6-8-16(17)21-12-22/h5-8,11-12,14H,1,9-10H2,2-4H3,(H,21,22). The molecular weight excluding hydrogens is 286 g/mol. The summed E-state index contributed by atoms with van der Waals surface area (Å²) >= 11 is 0. The molecule has 0 spiro atoms. The van der Waals surface area contributed by atoms with Gasteiger partial charge in [-0.3, -0.25) is 9.59 Å². The van der Waals surface area contributed by atoms with E-state index in [-0.39, 0.29) is 22.5 Å². The van der Waals surface area contributed by atoms with Gasteiger partial charge in [-0.25, -0.2) is 0 Å². The Hall–Kier alpha value is -2.16. The van der Waals surface area contributed by atoms with Crippen LogP contribution in [0.4, 0.5) is 5.69 Å². The molecule has 0 fully saturated rings. The summed E-state index contributed by atoms with van der Waals surface area (Å²) < 4.78 is 0. The fraction of sp³-hybridized carbons (Fsp3) is 0.400. The summed E-state index contributed by atoms with van der Waals surface area (Å²) in [4.78, 5) is 24.1. The number of ketones is 1. The maximum atomic E-state index is 13.2. The van der Waals surface area contributed by atoms with Gasteiger partial charge in [-0.15, -0.1) is 6.58 Å². The molecule has 2 unspecified atom stereocenters. The van der Waals surface area contributed by atoms with Gasteiger partial charge in [-0.1, -0.05) is 45.1 Å². The summed E-state index contributed by atoms with van der Waals surface area (Å²) in [5.41, 5.74) is 2.86. The van der Waals surface area contributed by atoms with Crippen molar-refractivity contribution >= 4 is 17.9 Å². The van der Waals surface area contributed by atoms with Crippen molar-refractivity contribution < 1.29 is 9.59 Å². The van der Waals surface area contributed by atoms with E-state index >= 15 is 0 Å². The third-order valence-corrected chi connectivity index (χ3v) is 5.63. The number of anilines is 1. The maximum absolute atomic E-state index is 13.2. The summed E-state index contributed by atoms with van der Waals surface area (Å²) in [5, 5.41) is 2.69. The lowest BCUT2D eigenvalue weighted by molar-refractivity contribution is -0.105. The third-order valence-electron chi connectivity index (χ3n) is 5.63. The van der Waals surface area contributed by atoms with Crippen LogP contribution in [-0.2, 0) is 10.2 Å². The number of benzene rings is 1. The number of fused-ring (bicyclic) bond motifs is 2. The average molecular weight is 309 g/mol. The molecule has 0 radical (unpaired) electrons. The molecule has 3 rings (SSSR count). The molecule has 120 valence electrons. The first kappa shape index (κ1) is 15.7. The number of carbonyl (C=O) groups excluding carboxylic acids is 2. The van der Waals surface area contributed by atoms with Crippen LogP contribution < -0.4 is 5.32 Å². The van der Waals surface area contributed by atoms with Gasteiger partial charge < -0.3 is 5.32 Å². The molecule has 1 aromatic carbocycles. The minimum Gasteiger partial charge on any atom is -0.328 e. The van der Waals surface area contributed by atoms with Crippen molar-refractivity contribution in [3.63, 3.8) is 0 Å². The second-order valence-electron chi connectivity index (χ2n) is 7.44. The Morgan fingerprint density at radius 2 is 2.04 bits per heavy atom. The van der Waals surface area contributed by atoms with E-state index in [1.165, 1.54) is 0 Å². The zero-order chi connectivity index (χ0) is 16.8. The van der Waals surface area contributed by atoms with Crippen LogP contribution in [0.25, 0.3) is 0 Å². The van der Waals surface area contributed by atoms with Crippen molar-refractivity contribution in [1.29, 1.82) is 0 Å². The maximum Gasteiger partial charge on any atom is 0.211 e. The second kappa shape index (κ2) is 5.19. The number of amides is 1. The lowest BCUT2D eigenvalue weighted by Crippen LogP contribution is -2.42. The zero-order valence-corrected chi connectivity index (χ0v) is 14.0. The Morgan fingerprint density at radius 1 is 1.30 bits per heavy atom. The van der Waals surface area contributed by atoms with E-state index < -0.39 is 0 Å². The highest BCUT2D eigenvalue weighted by atomic mass is 16.1. The van der Waals surface area contributed by atoms with Gasteiger partial charge in [-0.05, 0) is 35.8 Å². The van der Waals surface area contributed by atoms with Crippen LogP contribution in [0, 0.1) is 11.3 Å². The van der Waals surface area contributed by atoms with E-state index in [2.05, 4.69) is 38.7 Å². The van der Waals surface area contributed by atoms with Crippen molar-refractivity contribution in [2.45, 2.75) is 39.0 Å². The lowest BCUT2D eigenvalue weighted by atomic mass is 9.57. The normalized spacial score (nSPS) is 28.2. The molecule has 3 heteroatoms. The van der Waals surface area contributed by atoms with Gasteiger partial charge in [0.25, 0.3) is 0 Å². The molecule has 23 heavy (non-hydrogen) atoms. The first-order valence-corrected chi connectivity index (χ1v) is 8.09. The molecule has 0 aromatic heterocycles. The van der Waals surface area contributed by atoms with Crippen LogP contribution in [0.15, 0.2) is 42.5 Å². The Kier molecular flexibility index (Phi) is 3.55. The van der Waals surface area contributed by atoms with Crippen LogP contribution in [0.5, 0.6) is 0 Å². The van der Waals surface area contributed by atoms with Crippen molar-refractivity contribution in [2.75, 3.05) is 5.32 Å². The number of hydrogen-bond acceptors (Lipinski definition) is 2. The topological polar surface area (TPSA) is 46.2 Å². The number of allylic oxidation sites excluding steroid dienone is 3. The lowest BCUT2D eigenvalue weighted by Gasteiger charge is -2.46. The number of hydrogen-bond donors (Lipinski definition) is 1.